The molecule has 180 valence electrons. The average Bonchev–Trinajstić information content (AvgIpc) is 2.90. The molecule has 0 bridgehead atoms. The molecule has 4 atom stereocenters. The first kappa shape index (κ1) is 22.4. The van der Waals surface area contributed by atoms with Gasteiger partial charge in [0.2, 0.25) is 11.8 Å². The van der Waals surface area contributed by atoms with Crippen LogP contribution in [-0.2, 0) is 9.59 Å². The van der Waals surface area contributed by atoms with Crippen LogP contribution in [-0.4, -0.2) is 50.3 Å². The molecule has 34 heavy (non-hydrogen) atoms. The molecular formula is C26H30N2O6. The van der Waals surface area contributed by atoms with Crippen molar-refractivity contribution in [3.63, 3.8) is 0 Å². The first-order valence-electron chi connectivity index (χ1n) is 12.0. The summed E-state index contributed by atoms with van der Waals surface area (Å²) in [6.45, 7) is 1.54. The third-order valence-corrected chi connectivity index (χ3v) is 6.56. The molecule has 0 saturated heterocycles. The molecule has 2 heterocycles. The fraction of sp³-hybridized carbons (Fsp3) is 0.462. The Labute approximate surface area is 198 Å². The Kier molecular flexibility index (Phi) is 6.74. The van der Waals surface area contributed by atoms with Gasteiger partial charge in [-0.1, -0.05) is 30.7 Å². The van der Waals surface area contributed by atoms with Gasteiger partial charge in [0, 0.05) is 11.8 Å². The molecule has 1 saturated carbocycles. The van der Waals surface area contributed by atoms with Gasteiger partial charge >= 0.3 is 0 Å². The van der Waals surface area contributed by atoms with Crippen LogP contribution in [0.4, 0.5) is 0 Å². The zero-order valence-corrected chi connectivity index (χ0v) is 19.0. The van der Waals surface area contributed by atoms with Crippen molar-refractivity contribution >= 4 is 11.8 Å². The standard InChI is InChI=1S/C26H30N2O6/c29-25(27-13-19-15-31-21-8-1-3-10-23(21)33-19)17-6-5-7-18(12-17)26(30)28-14-20-16-32-22-9-2-4-11-24(22)34-20/h1-4,8-11,17-20H,5-7,12-16H2,(H,27,29)(H,28,30). The van der Waals surface area contributed by atoms with Crippen molar-refractivity contribution in [1.29, 1.82) is 0 Å². The van der Waals surface area contributed by atoms with E-state index < -0.39 is 0 Å². The van der Waals surface area contributed by atoms with E-state index in [1.807, 2.05) is 48.5 Å². The van der Waals surface area contributed by atoms with Gasteiger partial charge in [-0.25, -0.2) is 0 Å². The molecule has 2 aromatic carbocycles. The molecule has 8 nitrogen and oxygen atoms in total. The first-order chi connectivity index (χ1) is 16.7. The molecule has 0 spiro atoms. The fourth-order valence-corrected chi connectivity index (χ4v) is 4.71. The summed E-state index contributed by atoms with van der Waals surface area (Å²) >= 11 is 0. The van der Waals surface area contributed by atoms with E-state index in [1.165, 1.54) is 0 Å². The smallest absolute Gasteiger partial charge is 0.223 e. The summed E-state index contributed by atoms with van der Waals surface area (Å²) in [6, 6.07) is 15.0. The third-order valence-electron chi connectivity index (χ3n) is 6.56. The van der Waals surface area contributed by atoms with E-state index in [1.54, 1.807) is 0 Å². The van der Waals surface area contributed by atoms with Crippen LogP contribution < -0.4 is 29.6 Å². The molecule has 5 rings (SSSR count). The third kappa shape index (κ3) is 5.21. The fourth-order valence-electron chi connectivity index (χ4n) is 4.71. The Hall–Kier alpha value is -3.42. The van der Waals surface area contributed by atoms with E-state index in [0.29, 0.717) is 44.2 Å². The molecule has 4 unspecified atom stereocenters. The molecule has 3 aliphatic rings. The van der Waals surface area contributed by atoms with E-state index in [9.17, 15) is 9.59 Å². The van der Waals surface area contributed by atoms with E-state index in [0.717, 1.165) is 30.8 Å². The minimum Gasteiger partial charge on any atom is -0.486 e. The Morgan fingerprint density at radius 2 is 1.15 bits per heavy atom. The highest BCUT2D eigenvalue weighted by Crippen LogP contribution is 2.32. The molecule has 1 aliphatic carbocycles. The van der Waals surface area contributed by atoms with Crippen molar-refractivity contribution in [3.05, 3.63) is 48.5 Å². The number of rotatable bonds is 6. The van der Waals surface area contributed by atoms with Gasteiger partial charge < -0.3 is 29.6 Å². The lowest BCUT2D eigenvalue weighted by molar-refractivity contribution is -0.130. The predicted octanol–water partition coefficient (Wildman–Crippen LogP) is 2.71. The van der Waals surface area contributed by atoms with E-state index in [-0.39, 0.29) is 35.9 Å². The molecule has 2 aliphatic heterocycles. The zero-order chi connectivity index (χ0) is 23.3. The van der Waals surface area contributed by atoms with Crippen molar-refractivity contribution in [1.82, 2.24) is 10.6 Å². The number of hydrogen-bond acceptors (Lipinski definition) is 6. The molecule has 1 fully saturated rings. The second-order valence-corrected chi connectivity index (χ2v) is 9.05. The molecule has 2 amide bonds. The Morgan fingerprint density at radius 1 is 0.706 bits per heavy atom. The minimum absolute atomic E-state index is 0.0272. The molecule has 2 N–H and O–H groups in total. The maximum absolute atomic E-state index is 12.8. The number of carbonyl (C=O) groups excluding carboxylic acids is 2. The van der Waals surface area contributed by atoms with Crippen molar-refractivity contribution in [2.75, 3.05) is 26.3 Å². The van der Waals surface area contributed by atoms with Gasteiger partial charge in [0.25, 0.3) is 0 Å². The second kappa shape index (κ2) is 10.2. The lowest BCUT2D eigenvalue weighted by Gasteiger charge is -2.30. The molecule has 0 aromatic heterocycles. The SMILES string of the molecule is O=C(NCC1COc2ccccc2O1)C1CCCC(C(=O)NCC2COc3ccccc3O2)C1. The highest BCUT2D eigenvalue weighted by Gasteiger charge is 2.32. The summed E-state index contributed by atoms with van der Waals surface area (Å²) < 4.78 is 23.3. The number of carbonyl (C=O) groups is 2. The number of nitrogens with one attached hydrogen (secondary N) is 2. The number of ether oxygens (including phenoxy) is 4. The Balaban J connectivity index is 1.06. The van der Waals surface area contributed by atoms with Crippen molar-refractivity contribution in [3.8, 4) is 23.0 Å². The number of fused-ring (bicyclic) bond motifs is 2. The van der Waals surface area contributed by atoms with Gasteiger partial charge in [-0.2, -0.15) is 0 Å². The summed E-state index contributed by atoms with van der Waals surface area (Å²) in [6.07, 6.45) is 2.51. The van der Waals surface area contributed by atoms with Gasteiger partial charge in [-0.05, 0) is 43.5 Å². The van der Waals surface area contributed by atoms with E-state index in [2.05, 4.69) is 10.6 Å². The highest BCUT2D eigenvalue weighted by molar-refractivity contribution is 5.82. The van der Waals surface area contributed by atoms with Crippen LogP contribution in [0.2, 0.25) is 0 Å². The van der Waals surface area contributed by atoms with Crippen molar-refractivity contribution in [2.24, 2.45) is 11.8 Å². The average molecular weight is 467 g/mol. The number of hydrogen-bond donors (Lipinski definition) is 2. The summed E-state index contributed by atoms with van der Waals surface area (Å²) in [5, 5.41) is 5.99. The lowest BCUT2D eigenvalue weighted by atomic mass is 9.80. The minimum atomic E-state index is -0.232. The number of amides is 2. The highest BCUT2D eigenvalue weighted by atomic mass is 16.6. The zero-order valence-electron chi connectivity index (χ0n) is 19.0. The van der Waals surface area contributed by atoms with Crippen molar-refractivity contribution < 1.29 is 28.5 Å². The molecular weight excluding hydrogens is 436 g/mol. The molecule has 2 aromatic rings. The monoisotopic (exact) mass is 466 g/mol. The normalized spacial score (nSPS) is 25.2. The summed E-state index contributed by atoms with van der Waals surface area (Å²) in [5.41, 5.74) is 0. The van der Waals surface area contributed by atoms with Crippen LogP contribution >= 0.6 is 0 Å². The Morgan fingerprint density at radius 3 is 1.62 bits per heavy atom. The van der Waals surface area contributed by atoms with Crippen LogP contribution in [0.3, 0.4) is 0 Å². The number of para-hydroxylation sites is 4. The van der Waals surface area contributed by atoms with Crippen LogP contribution in [0.15, 0.2) is 48.5 Å². The summed E-state index contributed by atoms with van der Waals surface area (Å²) in [7, 11) is 0. The quantitative estimate of drug-likeness (QED) is 0.680. The van der Waals surface area contributed by atoms with Crippen LogP contribution in [0.1, 0.15) is 25.7 Å². The maximum atomic E-state index is 12.8. The summed E-state index contributed by atoms with van der Waals surface area (Å²) in [5.74, 6) is 2.42. The van der Waals surface area contributed by atoms with Gasteiger partial charge in [-0.15, -0.1) is 0 Å². The molecule has 0 radical (unpaired) electrons. The van der Waals surface area contributed by atoms with Gasteiger partial charge in [0.15, 0.2) is 23.0 Å². The lowest BCUT2D eigenvalue weighted by Crippen LogP contribution is -2.45. The summed E-state index contributed by atoms with van der Waals surface area (Å²) in [4.78, 5) is 25.6. The largest absolute Gasteiger partial charge is 0.486 e. The topological polar surface area (TPSA) is 95.1 Å². The molecule has 8 heteroatoms. The first-order valence-corrected chi connectivity index (χ1v) is 12.0. The van der Waals surface area contributed by atoms with Gasteiger partial charge in [-0.3, -0.25) is 9.59 Å². The van der Waals surface area contributed by atoms with Gasteiger partial charge in [0.05, 0.1) is 13.1 Å². The van der Waals surface area contributed by atoms with Crippen LogP contribution in [0.5, 0.6) is 23.0 Å². The van der Waals surface area contributed by atoms with Crippen molar-refractivity contribution in [2.45, 2.75) is 37.9 Å². The second-order valence-electron chi connectivity index (χ2n) is 9.05. The van der Waals surface area contributed by atoms with Crippen LogP contribution in [0, 0.1) is 11.8 Å². The Bertz CT molecular complexity index is 948. The number of benzene rings is 2. The van der Waals surface area contributed by atoms with Crippen LogP contribution in [0.25, 0.3) is 0 Å². The predicted molar refractivity (Wildman–Crippen MR) is 124 cm³/mol. The van der Waals surface area contributed by atoms with Gasteiger partial charge in [0.1, 0.15) is 25.4 Å². The maximum Gasteiger partial charge on any atom is 0.223 e. The van der Waals surface area contributed by atoms with E-state index in [4.69, 9.17) is 18.9 Å². The van der Waals surface area contributed by atoms with E-state index >= 15 is 0 Å².